The zero-order chi connectivity index (χ0) is 22.9. The molecule has 0 aromatic heterocycles. The summed E-state index contributed by atoms with van der Waals surface area (Å²) in [5, 5.41) is 0. The van der Waals surface area contributed by atoms with Gasteiger partial charge in [0.25, 0.3) is 0 Å². The monoisotopic (exact) mass is 583 g/mol. The predicted molar refractivity (Wildman–Crippen MR) is 146 cm³/mol. The normalized spacial score (nSPS) is 11.4. The van der Waals surface area contributed by atoms with Gasteiger partial charge < -0.3 is 4.74 Å². The third-order valence-electron chi connectivity index (χ3n) is 4.60. The van der Waals surface area contributed by atoms with Crippen LogP contribution < -0.4 is 0 Å². The first-order chi connectivity index (χ1) is 14.4. The molecule has 0 aromatic rings. The van der Waals surface area contributed by atoms with Gasteiger partial charge in [0.15, 0.2) is 0 Å². The predicted octanol–water partition coefficient (Wildman–Crippen LogP) is 8.38. The molecular formula is C24H47O2S3Sn. The third kappa shape index (κ3) is 33.7. The molecule has 0 unspecified atom stereocenters. The molecule has 0 N–H and O–H groups in total. The molecule has 0 fully saturated rings. The van der Waals surface area contributed by atoms with Crippen molar-refractivity contribution in [3.63, 3.8) is 0 Å². The van der Waals surface area contributed by atoms with Crippen molar-refractivity contribution in [1.82, 2.24) is 0 Å². The van der Waals surface area contributed by atoms with E-state index in [1.807, 2.05) is 0 Å². The number of carbonyl (C=O) groups is 1. The molecule has 0 saturated carbocycles. The number of rotatable bonds is 19. The van der Waals surface area contributed by atoms with Crippen molar-refractivity contribution in [1.29, 1.82) is 0 Å². The van der Waals surface area contributed by atoms with Crippen molar-refractivity contribution in [2.45, 2.75) is 124 Å². The molecule has 30 heavy (non-hydrogen) atoms. The maximum absolute atomic E-state index is 11.5. The van der Waals surface area contributed by atoms with E-state index in [4.69, 9.17) is 4.74 Å². The van der Waals surface area contributed by atoms with Gasteiger partial charge in [0.1, 0.15) is 10.0 Å². The van der Waals surface area contributed by atoms with Gasteiger partial charge in [-0.2, -0.15) is 0 Å². The number of carbonyl (C=O) groups excluding carboxylic acids is 1. The fraction of sp³-hybridized carbons (Fsp3) is 0.875. The van der Waals surface area contributed by atoms with Crippen LogP contribution in [0.15, 0.2) is 12.2 Å². The zero-order valence-electron chi connectivity index (χ0n) is 19.5. The molecule has 0 aliphatic heterocycles. The number of hydrogen-bond acceptors (Lipinski definition) is 5. The summed E-state index contributed by atoms with van der Waals surface area (Å²) in [6.07, 6.45) is 24.3. The molecule has 0 heterocycles. The molecule has 6 heteroatoms. The van der Waals surface area contributed by atoms with E-state index >= 15 is 0 Å². The summed E-state index contributed by atoms with van der Waals surface area (Å²) in [6, 6.07) is 0. The Labute approximate surface area is 217 Å². The fourth-order valence-electron chi connectivity index (χ4n) is 2.77. The van der Waals surface area contributed by atoms with Crippen molar-refractivity contribution >= 4 is 66.4 Å². The second kappa shape index (κ2) is 26.3. The molecule has 0 aliphatic rings. The topological polar surface area (TPSA) is 26.3 Å². The van der Waals surface area contributed by atoms with Crippen LogP contribution in [0.4, 0.5) is 0 Å². The number of allylic oxidation sites excluding steroid dienone is 2. The fourth-order valence-corrected chi connectivity index (χ4v) is 3.97. The van der Waals surface area contributed by atoms with E-state index in [9.17, 15) is 4.79 Å². The van der Waals surface area contributed by atoms with Crippen molar-refractivity contribution in [3.05, 3.63) is 12.2 Å². The summed E-state index contributed by atoms with van der Waals surface area (Å²) in [7, 11) is 0. The van der Waals surface area contributed by atoms with E-state index in [1.54, 1.807) is 22.5 Å². The number of thiol groups is 3. The van der Waals surface area contributed by atoms with Gasteiger partial charge in [-0.1, -0.05) is 70.4 Å². The molecule has 2 nitrogen and oxygen atoms in total. The van der Waals surface area contributed by atoms with Crippen molar-refractivity contribution in [3.8, 4) is 0 Å². The van der Waals surface area contributed by atoms with Crippen LogP contribution >= 0.6 is 37.9 Å². The molecule has 3 radical (unpaired) electrons. The van der Waals surface area contributed by atoms with Crippen LogP contribution in [0.2, 0.25) is 4.44 Å². The van der Waals surface area contributed by atoms with E-state index in [1.165, 1.54) is 87.9 Å². The molecule has 0 aliphatic carbocycles. The van der Waals surface area contributed by atoms with Gasteiger partial charge in [-0.15, -0.1) is 37.9 Å². The molecule has 0 rings (SSSR count). The second-order valence-electron chi connectivity index (χ2n) is 7.87. The molecule has 0 atom stereocenters. The zero-order valence-corrected chi connectivity index (χ0v) is 25.1. The van der Waals surface area contributed by atoms with Crippen LogP contribution in [-0.2, 0) is 9.53 Å². The van der Waals surface area contributed by atoms with E-state index in [0.29, 0.717) is 6.42 Å². The Morgan fingerprint density at radius 1 is 0.767 bits per heavy atom. The van der Waals surface area contributed by atoms with E-state index in [2.05, 4.69) is 63.9 Å². The SMILES string of the molecule is CCCCCCCCC=CCCCCCCCC(=O)OCC(S)(S)S.CCC[CH2][Sn]. The Hall–Kier alpha value is 1.06. The van der Waals surface area contributed by atoms with Crippen molar-refractivity contribution < 1.29 is 9.53 Å². The Balaban J connectivity index is 0. The molecular weight excluding hydrogens is 535 g/mol. The van der Waals surface area contributed by atoms with Gasteiger partial charge >= 0.3 is 52.7 Å². The van der Waals surface area contributed by atoms with Crippen molar-refractivity contribution in [2.75, 3.05) is 6.61 Å². The third-order valence-corrected chi connectivity index (χ3v) is 6.00. The van der Waals surface area contributed by atoms with Gasteiger partial charge in [0, 0.05) is 6.42 Å². The van der Waals surface area contributed by atoms with Gasteiger partial charge in [-0.05, 0) is 32.1 Å². The molecule has 177 valence electrons. The standard InChI is InChI=1S/C20H38O2S3.C4H9.Sn/c1-2-3-4-5-6-7-8-9-10-11-12-13-14-15-16-17-19(21)22-18-20(23,24)25;1-3-4-2;/h9-10,23-25H,2-8,11-18H2,1H3;1,3-4H2,2H3;. The summed E-state index contributed by atoms with van der Waals surface area (Å²) < 4.78 is 5.63. The van der Waals surface area contributed by atoms with Gasteiger partial charge in [-0.3, -0.25) is 4.79 Å². The average Bonchev–Trinajstić information content (AvgIpc) is 2.70. The van der Waals surface area contributed by atoms with Crippen LogP contribution in [0.5, 0.6) is 0 Å². The summed E-state index contributed by atoms with van der Waals surface area (Å²) in [5.74, 6) is -0.181. The Kier molecular flexibility index (Phi) is 29.1. The molecule has 0 aromatic carbocycles. The Morgan fingerprint density at radius 3 is 1.67 bits per heavy atom. The molecule has 0 amide bonds. The number of esters is 1. The average molecular weight is 583 g/mol. The number of unbranched alkanes of at least 4 members (excludes halogenated alkanes) is 12. The van der Waals surface area contributed by atoms with Crippen LogP contribution in [0.1, 0.15) is 117 Å². The second-order valence-corrected chi connectivity index (χ2v) is 12.6. The molecule has 0 spiro atoms. The maximum atomic E-state index is 11.5. The van der Waals surface area contributed by atoms with Gasteiger partial charge in [0.05, 0.1) is 0 Å². The van der Waals surface area contributed by atoms with Crippen LogP contribution in [0, 0.1) is 0 Å². The number of hydrogen-bond donors (Lipinski definition) is 3. The number of ether oxygens (including phenoxy) is 1. The van der Waals surface area contributed by atoms with Crippen LogP contribution in [0.25, 0.3) is 0 Å². The van der Waals surface area contributed by atoms with Crippen LogP contribution in [-0.4, -0.2) is 38.5 Å². The molecule has 0 bridgehead atoms. The van der Waals surface area contributed by atoms with Crippen LogP contribution in [0.3, 0.4) is 0 Å². The van der Waals surface area contributed by atoms with E-state index < -0.39 is 3.41 Å². The Bertz CT molecular complexity index is 383. The van der Waals surface area contributed by atoms with Crippen molar-refractivity contribution in [2.24, 2.45) is 0 Å². The first-order valence-electron chi connectivity index (χ1n) is 12.0. The van der Waals surface area contributed by atoms with Gasteiger partial charge in [-0.25, -0.2) is 0 Å². The summed E-state index contributed by atoms with van der Waals surface area (Å²) >= 11 is 13.9. The summed E-state index contributed by atoms with van der Waals surface area (Å²) in [6.45, 7) is 4.60. The first-order valence-corrected chi connectivity index (χ1v) is 15.4. The summed E-state index contributed by atoms with van der Waals surface area (Å²) in [5.41, 5.74) is 0. The van der Waals surface area contributed by atoms with E-state index in [0.717, 1.165) is 12.8 Å². The minimum atomic E-state index is -0.849. The minimum absolute atomic E-state index is 0.117. The Morgan fingerprint density at radius 2 is 1.23 bits per heavy atom. The van der Waals surface area contributed by atoms with Gasteiger partial charge in [0.2, 0.25) is 0 Å². The van der Waals surface area contributed by atoms with E-state index in [-0.39, 0.29) is 12.6 Å². The first kappa shape index (κ1) is 33.2. The summed E-state index contributed by atoms with van der Waals surface area (Å²) in [4.78, 5) is 11.5. The quantitative estimate of drug-likeness (QED) is 0.0356. The molecule has 0 saturated heterocycles.